The fourth-order valence-electron chi connectivity index (χ4n) is 5.22. The predicted octanol–water partition coefficient (Wildman–Crippen LogP) is 6.19. The van der Waals surface area contributed by atoms with E-state index in [2.05, 4.69) is 38.7 Å². The fraction of sp³-hybridized carbons (Fsp3) is 0.312. The van der Waals surface area contributed by atoms with Crippen LogP contribution in [0.3, 0.4) is 0 Å². The van der Waals surface area contributed by atoms with Crippen LogP contribution in [0.25, 0.3) is 22.3 Å². The molecule has 0 aliphatic carbocycles. The van der Waals surface area contributed by atoms with E-state index in [1.807, 2.05) is 55.6 Å². The Morgan fingerprint density at radius 3 is 2.77 bits per heavy atom. The minimum atomic E-state index is -0.00107. The lowest BCUT2D eigenvalue weighted by molar-refractivity contribution is -0.116. The van der Waals surface area contributed by atoms with Gasteiger partial charge in [-0.1, -0.05) is 25.1 Å². The predicted molar refractivity (Wildman–Crippen MR) is 161 cm³/mol. The van der Waals surface area contributed by atoms with Crippen molar-refractivity contribution in [1.29, 1.82) is 0 Å². The van der Waals surface area contributed by atoms with Gasteiger partial charge in [0.15, 0.2) is 5.82 Å². The van der Waals surface area contributed by atoms with Crippen molar-refractivity contribution in [3.8, 4) is 17.1 Å². The second-order valence-electron chi connectivity index (χ2n) is 10.4. The van der Waals surface area contributed by atoms with E-state index in [0.717, 1.165) is 71.8 Å². The Kier molecular flexibility index (Phi) is 7.68. The van der Waals surface area contributed by atoms with Gasteiger partial charge in [-0.05, 0) is 85.9 Å². The van der Waals surface area contributed by atoms with Crippen molar-refractivity contribution in [3.05, 3.63) is 71.8 Å². The lowest BCUT2D eigenvalue weighted by Gasteiger charge is -2.16. The number of nitrogens with zero attached hydrogens (tertiary/aromatic N) is 4. The number of ether oxygens (including phenoxy) is 1. The molecule has 2 aliphatic heterocycles. The van der Waals surface area contributed by atoms with E-state index in [1.165, 1.54) is 18.4 Å². The molecule has 40 heavy (non-hydrogen) atoms. The van der Waals surface area contributed by atoms with Crippen molar-refractivity contribution in [2.75, 3.05) is 36.9 Å². The highest BCUT2D eigenvalue weighted by molar-refractivity contribution is 5.95. The van der Waals surface area contributed by atoms with Gasteiger partial charge < -0.3 is 15.4 Å². The Labute approximate surface area is 234 Å². The van der Waals surface area contributed by atoms with Gasteiger partial charge in [-0.3, -0.25) is 14.7 Å². The van der Waals surface area contributed by atoms with E-state index in [-0.39, 0.29) is 5.91 Å². The first-order valence-electron chi connectivity index (χ1n) is 14.1. The second-order valence-corrected chi connectivity index (χ2v) is 10.4. The minimum absolute atomic E-state index is 0.00107. The zero-order chi connectivity index (χ0) is 27.3. The van der Waals surface area contributed by atoms with E-state index in [9.17, 15) is 4.79 Å². The first kappa shape index (κ1) is 26.0. The number of hydrogen-bond donors (Lipinski definition) is 2. The average molecular weight is 535 g/mol. The third-order valence-electron chi connectivity index (χ3n) is 7.32. The summed E-state index contributed by atoms with van der Waals surface area (Å²) in [5, 5.41) is 7.38. The lowest BCUT2D eigenvalue weighted by Crippen LogP contribution is -2.25. The Morgan fingerprint density at radius 1 is 1.00 bits per heavy atom. The molecule has 8 nitrogen and oxygen atoms in total. The molecule has 204 valence electrons. The molecule has 0 radical (unpaired) electrons. The maximum atomic E-state index is 12.2. The van der Waals surface area contributed by atoms with E-state index in [1.54, 1.807) is 0 Å². The number of hydrogen-bond acceptors (Lipinski definition) is 7. The van der Waals surface area contributed by atoms with Crippen molar-refractivity contribution in [2.45, 2.75) is 39.2 Å². The normalized spacial score (nSPS) is 14.4. The summed E-state index contributed by atoms with van der Waals surface area (Å²) in [4.78, 5) is 28.9. The summed E-state index contributed by atoms with van der Waals surface area (Å²) in [7, 11) is 0. The van der Waals surface area contributed by atoms with Crippen LogP contribution in [0.2, 0.25) is 0 Å². The highest BCUT2D eigenvalue weighted by Crippen LogP contribution is 2.32. The van der Waals surface area contributed by atoms with Gasteiger partial charge in [-0.15, -0.1) is 0 Å². The number of nitrogens with one attached hydrogen (secondary N) is 2. The number of anilines is 3. The van der Waals surface area contributed by atoms with Crippen LogP contribution in [-0.2, 0) is 11.3 Å². The summed E-state index contributed by atoms with van der Waals surface area (Å²) in [6.45, 7) is 6.60. The lowest BCUT2D eigenvalue weighted by atomic mass is 10.1. The highest BCUT2D eigenvalue weighted by Gasteiger charge is 2.15. The van der Waals surface area contributed by atoms with Gasteiger partial charge in [0.2, 0.25) is 5.91 Å². The van der Waals surface area contributed by atoms with E-state index in [4.69, 9.17) is 14.7 Å². The third kappa shape index (κ3) is 5.97. The molecule has 4 aromatic rings. The number of likely N-dealkylation sites (tertiary alicyclic amines) is 1. The molecule has 1 aromatic heterocycles. The first-order valence-corrected chi connectivity index (χ1v) is 14.1. The molecular weight excluding hydrogens is 500 g/mol. The number of benzene rings is 3. The summed E-state index contributed by atoms with van der Waals surface area (Å²) in [5.74, 6) is 2.07. The van der Waals surface area contributed by atoms with Gasteiger partial charge in [0.1, 0.15) is 18.2 Å². The van der Waals surface area contributed by atoms with Gasteiger partial charge in [0.05, 0.1) is 12.1 Å². The highest BCUT2D eigenvalue weighted by atomic mass is 16.5. The van der Waals surface area contributed by atoms with Crippen LogP contribution in [0.4, 0.5) is 17.2 Å². The summed E-state index contributed by atoms with van der Waals surface area (Å²) >= 11 is 0. The molecule has 0 atom stereocenters. The molecular formula is C32H34N6O2. The van der Waals surface area contributed by atoms with Crippen LogP contribution in [0.15, 0.2) is 65.7 Å². The van der Waals surface area contributed by atoms with Crippen LogP contribution >= 0.6 is 0 Å². The van der Waals surface area contributed by atoms with Crippen LogP contribution < -0.4 is 15.4 Å². The fourth-order valence-corrected chi connectivity index (χ4v) is 5.22. The number of carbonyl (C=O) groups is 1. The zero-order valence-corrected chi connectivity index (χ0v) is 22.8. The quantitative estimate of drug-likeness (QED) is 0.252. The standard InChI is InChI=1S/C32H34N6O2/c1-2-6-30(39)34-25-8-5-7-22(17-25)31-36-29-12-11-27(40-16-15-38-13-3-4-14-38)19-28(29)32(37-31)35-26-10-9-23-20-33-21-24(23)18-26/h5,7-12,17-19,21H,2-4,6,13-16,20H2,1H3,(H,34,39)(H,35,36,37). The van der Waals surface area contributed by atoms with Crippen LogP contribution in [0, 0.1) is 0 Å². The van der Waals surface area contributed by atoms with Gasteiger partial charge in [0, 0.05) is 41.5 Å². The maximum absolute atomic E-state index is 12.2. The Bertz CT molecular complexity index is 1560. The molecule has 3 aromatic carbocycles. The number of carbonyl (C=O) groups excluding carboxylic acids is 1. The Morgan fingerprint density at radius 2 is 1.90 bits per heavy atom. The molecule has 3 heterocycles. The van der Waals surface area contributed by atoms with Gasteiger partial charge in [-0.25, -0.2) is 9.97 Å². The molecule has 6 rings (SSSR count). The van der Waals surface area contributed by atoms with E-state index in [0.29, 0.717) is 24.7 Å². The number of amides is 1. The molecule has 0 saturated carbocycles. The summed E-state index contributed by atoms with van der Waals surface area (Å²) < 4.78 is 6.15. The van der Waals surface area contributed by atoms with Crippen molar-refractivity contribution in [2.24, 2.45) is 4.99 Å². The van der Waals surface area contributed by atoms with E-state index >= 15 is 0 Å². The van der Waals surface area contributed by atoms with Crippen LogP contribution in [0.5, 0.6) is 5.75 Å². The van der Waals surface area contributed by atoms with Gasteiger partial charge in [0.25, 0.3) is 0 Å². The molecule has 2 aliphatic rings. The third-order valence-corrected chi connectivity index (χ3v) is 7.32. The summed E-state index contributed by atoms with van der Waals surface area (Å²) in [5.41, 5.74) is 5.63. The molecule has 0 spiro atoms. The SMILES string of the molecule is CCCC(=O)Nc1cccc(-c2nc(Nc3ccc4c(c3)C=NC4)c3cc(OCCN4CCCC4)ccc3n2)c1. The molecule has 0 unspecified atom stereocenters. The van der Waals surface area contributed by atoms with Gasteiger partial charge >= 0.3 is 0 Å². The number of rotatable bonds is 10. The number of aromatic nitrogens is 2. The van der Waals surface area contributed by atoms with E-state index < -0.39 is 0 Å². The number of aliphatic imine (C=N–C) groups is 1. The summed E-state index contributed by atoms with van der Waals surface area (Å²) in [6.07, 6.45) is 5.74. The monoisotopic (exact) mass is 534 g/mol. The minimum Gasteiger partial charge on any atom is -0.492 e. The zero-order valence-electron chi connectivity index (χ0n) is 22.8. The van der Waals surface area contributed by atoms with Crippen molar-refractivity contribution >= 4 is 40.2 Å². The Hall–Kier alpha value is -4.30. The van der Waals surface area contributed by atoms with Crippen LogP contribution in [-0.4, -0.2) is 53.2 Å². The largest absolute Gasteiger partial charge is 0.492 e. The molecule has 8 heteroatoms. The van der Waals surface area contributed by atoms with Crippen molar-refractivity contribution < 1.29 is 9.53 Å². The molecule has 0 bridgehead atoms. The molecule has 1 fully saturated rings. The molecule has 1 saturated heterocycles. The Balaban J connectivity index is 1.33. The van der Waals surface area contributed by atoms with Crippen molar-refractivity contribution in [1.82, 2.24) is 14.9 Å². The topological polar surface area (TPSA) is 91.7 Å². The summed E-state index contributed by atoms with van der Waals surface area (Å²) in [6, 6.07) is 19.9. The van der Waals surface area contributed by atoms with Gasteiger partial charge in [-0.2, -0.15) is 0 Å². The molecule has 1 amide bonds. The molecule has 2 N–H and O–H groups in total. The smallest absolute Gasteiger partial charge is 0.224 e. The first-order chi connectivity index (χ1) is 19.6. The maximum Gasteiger partial charge on any atom is 0.224 e. The van der Waals surface area contributed by atoms with Crippen molar-refractivity contribution in [3.63, 3.8) is 0 Å². The average Bonchev–Trinajstić information content (AvgIpc) is 3.65. The van der Waals surface area contributed by atoms with Crippen LogP contribution in [0.1, 0.15) is 43.7 Å². The number of fused-ring (bicyclic) bond motifs is 2. The second kappa shape index (κ2) is 11.8.